The SMILES string of the molecule is COc1cccc2c(C(=O)NCc3cccc(F)c3)cn(CCCN3[C@@H]4CC[C@H]3C[C@@H](CC(=O)c3cc(Cl)cc(Cl)c3)C4)c12. The van der Waals surface area contributed by atoms with Crippen molar-refractivity contribution in [3.8, 4) is 5.75 Å². The van der Waals surface area contributed by atoms with E-state index in [1.807, 2.05) is 24.4 Å². The molecule has 2 fully saturated rings. The Morgan fingerprint density at radius 1 is 0.977 bits per heavy atom. The van der Waals surface area contributed by atoms with Gasteiger partial charge in [0.15, 0.2) is 5.78 Å². The van der Waals surface area contributed by atoms with Gasteiger partial charge in [0.05, 0.1) is 18.2 Å². The number of halogens is 3. The minimum absolute atomic E-state index is 0.108. The van der Waals surface area contributed by atoms with E-state index in [2.05, 4.69) is 14.8 Å². The average Bonchev–Trinajstić information content (AvgIpc) is 3.48. The maximum atomic E-state index is 13.6. The lowest BCUT2D eigenvalue weighted by molar-refractivity contribution is 0.0807. The van der Waals surface area contributed by atoms with Gasteiger partial charge >= 0.3 is 0 Å². The fourth-order valence-corrected chi connectivity index (χ4v) is 7.74. The number of nitrogens with zero attached hydrogens (tertiary/aromatic N) is 2. The van der Waals surface area contributed by atoms with Crippen molar-refractivity contribution in [2.24, 2.45) is 5.92 Å². The number of hydrogen-bond acceptors (Lipinski definition) is 4. The van der Waals surface area contributed by atoms with E-state index in [9.17, 15) is 14.0 Å². The second kappa shape index (κ2) is 13.3. The first-order valence-electron chi connectivity index (χ1n) is 15.2. The van der Waals surface area contributed by atoms with E-state index in [1.54, 1.807) is 37.4 Å². The number of aromatic nitrogens is 1. The van der Waals surface area contributed by atoms with Crippen LogP contribution in [0.3, 0.4) is 0 Å². The predicted octanol–water partition coefficient (Wildman–Crippen LogP) is 7.93. The van der Waals surface area contributed by atoms with Gasteiger partial charge in [-0.15, -0.1) is 0 Å². The third-order valence-electron chi connectivity index (χ3n) is 9.12. The first-order chi connectivity index (χ1) is 21.3. The molecule has 9 heteroatoms. The van der Waals surface area contributed by atoms with Crippen LogP contribution in [0.4, 0.5) is 4.39 Å². The highest BCUT2D eigenvalue weighted by Gasteiger charge is 2.40. The van der Waals surface area contributed by atoms with Crippen LogP contribution in [0.2, 0.25) is 10.0 Å². The molecule has 2 bridgehead atoms. The normalized spacial score (nSPS) is 19.8. The lowest BCUT2D eigenvalue weighted by Gasteiger charge is -2.39. The molecule has 3 aromatic carbocycles. The van der Waals surface area contributed by atoms with Gasteiger partial charge in [0.2, 0.25) is 0 Å². The predicted molar refractivity (Wildman–Crippen MR) is 172 cm³/mol. The lowest BCUT2D eigenvalue weighted by Crippen LogP contribution is -2.43. The van der Waals surface area contributed by atoms with Crippen molar-refractivity contribution in [3.05, 3.63) is 99.4 Å². The van der Waals surface area contributed by atoms with Crippen LogP contribution < -0.4 is 10.1 Å². The van der Waals surface area contributed by atoms with E-state index in [4.69, 9.17) is 27.9 Å². The Hall–Kier alpha value is -3.39. The molecule has 0 radical (unpaired) electrons. The Morgan fingerprint density at radius 2 is 1.70 bits per heavy atom. The van der Waals surface area contributed by atoms with Gasteiger partial charge in [0.1, 0.15) is 11.6 Å². The van der Waals surface area contributed by atoms with Crippen LogP contribution in [0.5, 0.6) is 5.75 Å². The number of aryl methyl sites for hydroxylation is 1. The maximum absolute atomic E-state index is 13.6. The molecule has 2 aliphatic heterocycles. The number of benzene rings is 3. The zero-order valence-corrected chi connectivity index (χ0v) is 26.2. The summed E-state index contributed by atoms with van der Waals surface area (Å²) >= 11 is 12.3. The van der Waals surface area contributed by atoms with Crippen LogP contribution in [0.25, 0.3) is 10.9 Å². The highest BCUT2D eigenvalue weighted by Crippen LogP contribution is 2.40. The summed E-state index contributed by atoms with van der Waals surface area (Å²) in [7, 11) is 1.64. The molecule has 44 heavy (non-hydrogen) atoms. The molecule has 3 atom stereocenters. The number of carbonyl (C=O) groups excluding carboxylic acids is 2. The van der Waals surface area contributed by atoms with Gasteiger partial charge in [-0.3, -0.25) is 14.5 Å². The summed E-state index contributed by atoms with van der Waals surface area (Å²) < 4.78 is 21.4. The summed E-state index contributed by atoms with van der Waals surface area (Å²) in [6, 6.07) is 18.0. The standard InChI is InChI=1S/C35H36Cl2FN3O3/c1-44-33-8-3-7-30-31(35(43)39-20-22-5-2-6-27(38)13-22)21-40(34(30)33)11-4-12-41-28-9-10-29(41)15-23(14-28)16-32(42)24-17-25(36)19-26(37)18-24/h2-3,5-8,13,17-19,21,23,28-29H,4,9-12,14-16,20H2,1H3,(H,39,43)/t23-,28+,29-. The number of ketones is 1. The number of piperidine rings is 1. The fraction of sp³-hybridized carbons (Fsp3) is 0.371. The van der Waals surface area contributed by atoms with E-state index in [-0.39, 0.29) is 24.1 Å². The quantitative estimate of drug-likeness (QED) is 0.170. The minimum atomic E-state index is -0.327. The fourth-order valence-electron chi connectivity index (χ4n) is 7.21. The minimum Gasteiger partial charge on any atom is -0.495 e. The van der Waals surface area contributed by atoms with Gasteiger partial charge in [0, 0.05) is 65.3 Å². The number of nitrogens with one attached hydrogen (secondary N) is 1. The Bertz CT molecular complexity index is 1660. The van der Waals surface area contributed by atoms with Gasteiger partial charge in [-0.2, -0.15) is 0 Å². The largest absolute Gasteiger partial charge is 0.495 e. The molecule has 0 saturated carbocycles. The number of ether oxygens (including phenoxy) is 1. The van der Waals surface area contributed by atoms with E-state index < -0.39 is 0 Å². The third kappa shape index (κ3) is 6.65. The van der Waals surface area contributed by atoms with Crippen LogP contribution in [-0.4, -0.2) is 46.9 Å². The summed E-state index contributed by atoms with van der Waals surface area (Å²) in [5.41, 5.74) is 2.76. The molecule has 0 unspecified atom stereocenters. The highest BCUT2D eigenvalue weighted by atomic mass is 35.5. The van der Waals surface area contributed by atoms with Gasteiger partial charge in [-0.25, -0.2) is 4.39 Å². The average molecular weight is 637 g/mol. The van der Waals surface area contributed by atoms with Crippen molar-refractivity contribution < 1.29 is 18.7 Å². The molecule has 0 spiro atoms. The molecular formula is C35H36Cl2FN3O3. The van der Waals surface area contributed by atoms with Crippen molar-refractivity contribution in [3.63, 3.8) is 0 Å². The van der Waals surface area contributed by atoms with E-state index in [1.165, 1.54) is 12.1 Å². The number of methoxy groups -OCH3 is 1. The van der Waals surface area contributed by atoms with Gasteiger partial charge in [-0.1, -0.05) is 47.5 Å². The molecule has 1 amide bonds. The van der Waals surface area contributed by atoms with Crippen LogP contribution in [0, 0.1) is 11.7 Å². The first-order valence-corrected chi connectivity index (χ1v) is 16.0. The van der Waals surface area contributed by atoms with Crippen LogP contribution in [0.15, 0.2) is 66.9 Å². The van der Waals surface area contributed by atoms with Gasteiger partial charge in [-0.05, 0) is 80.0 Å². The Labute approximate surface area is 267 Å². The third-order valence-corrected chi connectivity index (χ3v) is 9.56. The number of hydrogen-bond donors (Lipinski definition) is 1. The summed E-state index contributed by atoms with van der Waals surface area (Å²) in [5.74, 6) is 0.655. The first kappa shape index (κ1) is 30.6. The molecule has 6 nitrogen and oxygen atoms in total. The van der Waals surface area contributed by atoms with Crippen molar-refractivity contribution in [1.82, 2.24) is 14.8 Å². The Kier molecular flexibility index (Phi) is 9.26. The summed E-state index contributed by atoms with van der Waals surface area (Å²) in [4.78, 5) is 28.9. The van der Waals surface area contributed by atoms with E-state index in [0.29, 0.717) is 51.2 Å². The summed E-state index contributed by atoms with van der Waals surface area (Å²) in [6.07, 6.45) is 7.71. The van der Waals surface area contributed by atoms with Crippen molar-refractivity contribution in [1.29, 1.82) is 0 Å². The smallest absolute Gasteiger partial charge is 0.253 e. The molecule has 3 heterocycles. The van der Waals surface area contributed by atoms with Crippen LogP contribution in [0.1, 0.15) is 64.8 Å². The van der Waals surface area contributed by atoms with E-state index in [0.717, 1.165) is 61.8 Å². The molecule has 2 saturated heterocycles. The Balaban J connectivity index is 1.09. The molecule has 6 rings (SSSR count). The molecular weight excluding hydrogens is 600 g/mol. The number of para-hydroxylation sites is 1. The van der Waals surface area contributed by atoms with Crippen molar-refractivity contribution in [2.45, 2.75) is 63.7 Å². The topological polar surface area (TPSA) is 63.6 Å². The number of fused-ring (bicyclic) bond motifs is 3. The monoisotopic (exact) mass is 635 g/mol. The van der Waals surface area contributed by atoms with E-state index >= 15 is 0 Å². The van der Waals surface area contributed by atoms with Gasteiger partial charge < -0.3 is 14.6 Å². The zero-order chi connectivity index (χ0) is 30.8. The zero-order valence-electron chi connectivity index (χ0n) is 24.7. The second-order valence-electron chi connectivity index (χ2n) is 12.0. The highest BCUT2D eigenvalue weighted by molar-refractivity contribution is 6.35. The van der Waals surface area contributed by atoms with Crippen molar-refractivity contribution >= 4 is 45.8 Å². The number of Topliss-reactive ketones (excluding diaryl/α,β-unsaturated/α-hetero) is 1. The second-order valence-corrected chi connectivity index (χ2v) is 12.9. The summed E-state index contributed by atoms with van der Waals surface area (Å²) in [5, 5.41) is 4.74. The molecule has 4 aromatic rings. The van der Waals surface area contributed by atoms with Crippen LogP contribution in [-0.2, 0) is 13.1 Å². The van der Waals surface area contributed by atoms with Crippen molar-refractivity contribution in [2.75, 3.05) is 13.7 Å². The maximum Gasteiger partial charge on any atom is 0.253 e. The lowest BCUT2D eigenvalue weighted by atomic mass is 9.85. The number of carbonyl (C=O) groups is 2. The Morgan fingerprint density at radius 3 is 2.41 bits per heavy atom. The molecule has 0 aliphatic carbocycles. The molecule has 2 aliphatic rings. The number of amides is 1. The summed E-state index contributed by atoms with van der Waals surface area (Å²) in [6.45, 7) is 1.93. The number of rotatable bonds is 11. The molecule has 1 aromatic heterocycles. The van der Waals surface area contributed by atoms with Crippen LogP contribution >= 0.6 is 23.2 Å². The van der Waals surface area contributed by atoms with Gasteiger partial charge in [0.25, 0.3) is 5.91 Å². The molecule has 230 valence electrons. The molecule has 1 N–H and O–H groups in total.